The van der Waals surface area contributed by atoms with Gasteiger partial charge in [-0.3, -0.25) is 4.90 Å². The number of aliphatic hydroxyl groups is 2. The first kappa shape index (κ1) is 16.8. The number of methoxy groups -OCH3 is 1. The van der Waals surface area contributed by atoms with E-state index in [1.54, 1.807) is 7.11 Å². The summed E-state index contributed by atoms with van der Waals surface area (Å²) >= 11 is 0. The van der Waals surface area contributed by atoms with Crippen LogP contribution in [0.25, 0.3) is 0 Å². The molecule has 4 atom stereocenters. The van der Waals surface area contributed by atoms with Crippen molar-refractivity contribution in [1.82, 2.24) is 4.90 Å². The van der Waals surface area contributed by atoms with Crippen molar-refractivity contribution < 1.29 is 24.4 Å². The summed E-state index contributed by atoms with van der Waals surface area (Å²) in [5.74, 6) is 0. The summed E-state index contributed by atoms with van der Waals surface area (Å²) in [7, 11) is 1.63. The zero-order valence-corrected chi connectivity index (χ0v) is 12.1. The van der Waals surface area contributed by atoms with Crippen molar-refractivity contribution in [2.75, 3.05) is 46.6 Å². The molecular weight excluding hydrogens is 250 g/mol. The van der Waals surface area contributed by atoms with E-state index in [9.17, 15) is 5.11 Å². The van der Waals surface area contributed by atoms with Gasteiger partial charge in [0, 0.05) is 26.7 Å². The molecule has 0 aromatic heterocycles. The topological polar surface area (TPSA) is 71.4 Å². The highest BCUT2D eigenvalue weighted by Gasteiger charge is 2.26. The quantitative estimate of drug-likeness (QED) is 0.622. The molecule has 0 aromatic carbocycles. The standard InChI is InChI=1S/C13H27NO5/c1-10-4-14(6-13(7-15)19-10)5-12(16)9-18-11(2)8-17-3/h10-13,15-16H,4-9H2,1-3H3. The van der Waals surface area contributed by atoms with Crippen LogP contribution in [0.4, 0.5) is 0 Å². The molecule has 0 spiro atoms. The van der Waals surface area contributed by atoms with Gasteiger partial charge in [0.05, 0.1) is 44.2 Å². The molecule has 0 bridgehead atoms. The number of morpholine rings is 1. The second-order valence-electron chi connectivity index (χ2n) is 5.22. The Balaban J connectivity index is 2.25. The zero-order chi connectivity index (χ0) is 14.3. The maximum Gasteiger partial charge on any atom is 0.0936 e. The monoisotopic (exact) mass is 277 g/mol. The summed E-state index contributed by atoms with van der Waals surface area (Å²) < 4.78 is 16.0. The number of nitrogens with zero attached hydrogens (tertiary/aromatic N) is 1. The molecule has 0 aliphatic carbocycles. The summed E-state index contributed by atoms with van der Waals surface area (Å²) in [6.45, 7) is 6.65. The summed E-state index contributed by atoms with van der Waals surface area (Å²) in [6, 6.07) is 0. The van der Waals surface area contributed by atoms with E-state index >= 15 is 0 Å². The summed E-state index contributed by atoms with van der Waals surface area (Å²) in [6.07, 6.45) is -0.645. The molecule has 1 rings (SSSR count). The number of β-amino-alcohol motifs (C(OH)–C–C–N with tert-alkyl or cyclic N) is 1. The molecule has 6 heteroatoms. The molecule has 1 heterocycles. The second-order valence-corrected chi connectivity index (χ2v) is 5.22. The molecule has 0 aromatic rings. The minimum Gasteiger partial charge on any atom is -0.394 e. The minimum atomic E-state index is -0.538. The maximum atomic E-state index is 9.95. The first-order valence-electron chi connectivity index (χ1n) is 6.82. The molecule has 6 nitrogen and oxygen atoms in total. The molecule has 0 saturated carbocycles. The highest BCUT2D eigenvalue weighted by Crippen LogP contribution is 2.11. The lowest BCUT2D eigenvalue weighted by Gasteiger charge is -2.37. The van der Waals surface area contributed by atoms with Crippen molar-refractivity contribution in [2.45, 2.75) is 38.3 Å². The van der Waals surface area contributed by atoms with Crippen LogP contribution in [0.3, 0.4) is 0 Å². The molecule has 1 saturated heterocycles. The predicted octanol–water partition coefficient (Wildman–Crippen LogP) is -0.520. The normalized spacial score (nSPS) is 28.3. The van der Waals surface area contributed by atoms with Gasteiger partial charge in [-0.05, 0) is 13.8 Å². The van der Waals surface area contributed by atoms with Gasteiger partial charge in [-0.15, -0.1) is 0 Å². The van der Waals surface area contributed by atoms with Gasteiger partial charge in [0.1, 0.15) is 0 Å². The van der Waals surface area contributed by atoms with Crippen LogP contribution in [0.1, 0.15) is 13.8 Å². The molecule has 0 radical (unpaired) electrons. The zero-order valence-electron chi connectivity index (χ0n) is 12.1. The first-order valence-corrected chi connectivity index (χ1v) is 6.82. The average Bonchev–Trinajstić information content (AvgIpc) is 2.36. The largest absolute Gasteiger partial charge is 0.394 e. The van der Waals surface area contributed by atoms with Crippen LogP contribution in [0, 0.1) is 0 Å². The van der Waals surface area contributed by atoms with Crippen molar-refractivity contribution in [1.29, 1.82) is 0 Å². The number of rotatable bonds is 8. The Morgan fingerprint density at radius 1 is 1.37 bits per heavy atom. The van der Waals surface area contributed by atoms with E-state index in [2.05, 4.69) is 4.90 Å². The average molecular weight is 277 g/mol. The van der Waals surface area contributed by atoms with Gasteiger partial charge < -0.3 is 24.4 Å². The van der Waals surface area contributed by atoms with Crippen molar-refractivity contribution in [3.63, 3.8) is 0 Å². The van der Waals surface area contributed by atoms with Crippen LogP contribution in [0.5, 0.6) is 0 Å². The van der Waals surface area contributed by atoms with E-state index in [4.69, 9.17) is 19.3 Å². The highest BCUT2D eigenvalue weighted by molar-refractivity contribution is 4.77. The fourth-order valence-electron chi connectivity index (χ4n) is 2.30. The Morgan fingerprint density at radius 3 is 2.74 bits per heavy atom. The molecule has 114 valence electrons. The summed E-state index contributed by atoms with van der Waals surface area (Å²) in [4.78, 5) is 2.10. The molecule has 4 unspecified atom stereocenters. The van der Waals surface area contributed by atoms with Crippen LogP contribution < -0.4 is 0 Å². The Morgan fingerprint density at radius 2 is 2.11 bits per heavy atom. The first-order chi connectivity index (χ1) is 9.05. The molecular formula is C13H27NO5. The Labute approximate surface area is 115 Å². The third-order valence-electron chi connectivity index (χ3n) is 3.05. The molecule has 19 heavy (non-hydrogen) atoms. The van der Waals surface area contributed by atoms with Gasteiger partial charge in [-0.2, -0.15) is 0 Å². The van der Waals surface area contributed by atoms with Crippen molar-refractivity contribution in [3.05, 3.63) is 0 Å². The third-order valence-corrected chi connectivity index (χ3v) is 3.05. The number of aliphatic hydroxyl groups excluding tert-OH is 2. The van der Waals surface area contributed by atoms with Gasteiger partial charge in [0.25, 0.3) is 0 Å². The molecule has 0 amide bonds. The summed E-state index contributed by atoms with van der Waals surface area (Å²) in [5.41, 5.74) is 0. The lowest BCUT2D eigenvalue weighted by atomic mass is 10.2. The van der Waals surface area contributed by atoms with Gasteiger partial charge in [0.2, 0.25) is 0 Å². The van der Waals surface area contributed by atoms with Crippen molar-refractivity contribution in [3.8, 4) is 0 Å². The Hall–Kier alpha value is -0.240. The fourth-order valence-corrected chi connectivity index (χ4v) is 2.30. The molecule has 1 fully saturated rings. The SMILES string of the molecule is COCC(C)OCC(O)CN1CC(C)OC(CO)C1. The van der Waals surface area contributed by atoms with Crippen LogP contribution in [-0.2, 0) is 14.2 Å². The van der Waals surface area contributed by atoms with E-state index in [1.807, 2.05) is 13.8 Å². The van der Waals surface area contributed by atoms with Gasteiger partial charge in [0.15, 0.2) is 0 Å². The fraction of sp³-hybridized carbons (Fsp3) is 1.00. The van der Waals surface area contributed by atoms with Crippen LogP contribution in [-0.4, -0.2) is 86.1 Å². The smallest absolute Gasteiger partial charge is 0.0936 e. The Bertz CT molecular complexity index is 241. The predicted molar refractivity (Wildman–Crippen MR) is 71.2 cm³/mol. The molecule has 1 aliphatic rings. The van der Waals surface area contributed by atoms with E-state index < -0.39 is 6.10 Å². The summed E-state index contributed by atoms with van der Waals surface area (Å²) in [5, 5.41) is 19.1. The Kier molecular flexibility index (Phi) is 7.82. The van der Waals surface area contributed by atoms with Gasteiger partial charge in [-0.25, -0.2) is 0 Å². The van der Waals surface area contributed by atoms with E-state index in [0.29, 0.717) is 26.3 Å². The third kappa shape index (κ3) is 6.65. The maximum absolute atomic E-state index is 9.95. The van der Waals surface area contributed by atoms with Gasteiger partial charge in [-0.1, -0.05) is 0 Å². The second kappa shape index (κ2) is 8.84. The van der Waals surface area contributed by atoms with E-state index in [-0.39, 0.29) is 24.9 Å². The molecule has 1 aliphatic heterocycles. The number of hydrogen-bond donors (Lipinski definition) is 2. The van der Waals surface area contributed by atoms with Crippen LogP contribution in [0.15, 0.2) is 0 Å². The number of hydrogen-bond acceptors (Lipinski definition) is 6. The van der Waals surface area contributed by atoms with Crippen molar-refractivity contribution in [2.24, 2.45) is 0 Å². The molecule has 2 N–H and O–H groups in total. The van der Waals surface area contributed by atoms with E-state index in [0.717, 1.165) is 6.54 Å². The lowest BCUT2D eigenvalue weighted by Crippen LogP contribution is -2.50. The van der Waals surface area contributed by atoms with Crippen LogP contribution >= 0.6 is 0 Å². The highest BCUT2D eigenvalue weighted by atomic mass is 16.5. The van der Waals surface area contributed by atoms with E-state index in [1.165, 1.54) is 0 Å². The van der Waals surface area contributed by atoms with Crippen molar-refractivity contribution >= 4 is 0 Å². The van der Waals surface area contributed by atoms with Gasteiger partial charge >= 0.3 is 0 Å². The number of ether oxygens (including phenoxy) is 3. The minimum absolute atomic E-state index is 0.0122. The lowest BCUT2D eigenvalue weighted by molar-refractivity contribution is -0.108. The van der Waals surface area contributed by atoms with Crippen LogP contribution in [0.2, 0.25) is 0 Å².